The van der Waals surface area contributed by atoms with Crippen LogP contribution in [-0.2, 0) is 16.6 Å². The first kappa shape index (κ1) is 14.0. The number of hydrogen-bond acceptors (Lipinski definition) is 3. The van der Waals surface area contributed by atoms with E-state index in [1.807, 2.05) is 19.2 Å². The molecule has 2 saturated carbocycles. The molecule has 0 amide bonds. The second kappa shape index (κ2) is 5.47. The Morgan fingerprint density at radius 1 is 1.15 bits per heavy atom. The molecule has 1 aromatic carbocycles. The summed E-state index contributed by atoms with van der Waals surface area (Å²) in [4.78, 5) is 0.435. The van der Waals surface area contributed by atoms with Crippen molar-refractivity contribution in [3.8, 4) is 0 Å². The molecule has 0 aliphatic heterocycles. The van der Waals surface area contributed by atoms with Crippen LogP contribution >= 0.6 is 0 Å². The van der Waals surface area contributed by atoms with E-state index in [2.05, 4.69) is 5.32 Å². The minimum absolute atomic E-state index is 0.248. The van der Waals surface area contributed by atoms with E-state index >= 15 is 0 Å². The van der Waals surface area contributed by atoms with Crippen LogP contribution in [0.15, 0.2) is 29.2 Å². The van der Waals surface area contributed by atoms with Gasteiger partial charge in [0.15, 0.2) is 0 Å². The van der Waals surface area contributed by atoms with Gasteiger partial charge in [-0.05, 0) is 56.3 Å². The van der Waals surface area contributed by atoms with E-state index in [9.17, 15) is 8.42 Å². The highest BCUT2D eigenvalue weighted by Crippen LogP contribution is 2.37. The molecular weight excluding hydrogens is 272 g/mol. The van der Waals surface area contributed by atoms with Gasteiger partial charge in [0.25, 0.3) is 0 Å². The zero-order valence-electron chi connectivity index (χ0n) is 11.9. The molecule has 1 N–H and O–H groups in total. The third-order valence-corrected chi connectivity index (χ3v) is 5.93. The maximum absolute atomic E-state index is 12.8. The van der Waals surface area contributed by atoms with Gasteiger partial charge in [0.2, 0.25) is 10.0 Å². The number of rotatable bonds is 7. The van der Waals surface area contributed by atoms with Crippen LogP contribution in [0.3, 0.4) is 0 Å². The van der Waals surface area contributed by atoms with E-state index in [0.717, 1.165) is 24.9 Å². The molecule has 0 saturated heterocycles. The molecule has 20 heavy (non-hydrogen) atoms. The van der Waals surface area contributed by atoms with Crippen molar-refractivity contribution >= 4 is 10.0 Å². The summed E-state index contributed by atoms with van der Waals surface area (Å²) in [6.45, 7) is 1.47. The van der Waals surface area contributed by atoms with E-state index in [0.29, 0.717) is 17.4 Å². The number of benzene rings is 1. The van der Waals surface area contributed by atoms with Crippen LogP contribution in [0.2, 0.25) is 0 Å². The van der Waals surface area contributed by atoms with Gasteiger partial charge in [-0.1, -0.05) is 12.1 Å². The van der Waals surface area contributed by atoms with Crippen molar-refractivity contribution in [2.24, 2.45) is 5.92 Å². The molecule has 2 fully saturated rings. The molecule has 2 aliphatic carbocycles. The van der Waals surface area contributed by atoms with Crippen LogP contribution in [0.1, 0.15) is 31.2 Å². The zero-order valence-corrected chi connectivity index (χ0v) is 12.7. The zero-order chi connectivity index (χ0) is 14.2. The monoisotopic (exact) mass is 294 g/mol. The van der Waals surface area contributed by atoms with Gasteiger partial charge >= 0.3 is 0 Å². The average molecular weight is 294 g/mol. The highest BCUT2D eigenvalue weighted by atomic mass is 32.2. The molecule has 0 heterocycles. The molecule has 0 bridgehead atoms. The van der Waals surface area contributed by atoms with Gasteiger partial charge in [-0.15, -0.1) is 0 Å². The highest BCUT2D eigenvalue weighted by molar-refractivity contribution is 7.89. The Balaban J connectivity index is 1.81. The van der Waals surface area contributed by atoms with Gasteiger partial charge in [-0.3, -0.25) is 0 Å². The fraction of sp³-hybridized carbons (Fsp3) is 0.600. The summed E-state index contributed by atoms with van der Waals surface area (Å²) >= 11 is 0. The lowest BCUT2D eigenvalue weighted by Crippen LogP contribution is -2.34. The fourth-order valence-corrected chi connectivity index (χ4v) is 4.24. The molecule has 1 aromatic rings. The van der Waals surface area contributed by atoms with Crippen LogP contribution in [-0.4, -0.2) is 32.4 Å². The number of sulfonamides is 1. The largest absolute Gasteiger partial charge is 0.316 e. The van der Waals surface area contributed by atoms with Crippen molar-refractivity contribution < 1.29 is 8.42 Å². The Morgan fingerprint density at radius 3 is 2.30 bits per heavy atom. The summed E-state index contributed by atoms with van der Waals surface area (Å²) in [6, 6.07) is 7.52. The average Bonchev–Trinajstić information content (AvgIpc) is 3.29. The topological polar surface area (TPSA) is 49.4 Å². The summed E-state index contributed by atoms with van der Waals surface area (Å²) in [5, 5.41) is 3.07. The van der Waals surface area contributed by atoms with Crippen LogP contribution in [0.5, 0.6) is 0 Å². The van der Waals surface area contributed by atoms with Crippen molar-refractivity contribution in [3.05, 3.63) is 29.8 Å². The number of nitrogens with zero attached hydrogens (tertiary/aromatic N) is 1. The highest BCUT2D eigenvalue weighted by Gasteiger charge is 2.40. The minimum Gasteiger partial charge on any atom is -0.316 e. The molecule has 3 rings (SSSR count). The first-order valence-electron chi connectivity index (χ1n) is 7.36. The van der Waals surface area contributed by atoms with E-state index in [1.165, 1.54) is 12.8 Å². The first-order valence-corrected chi connectivity index (χ1v) is 8.80. The quantitative estimate of drug-likeness (QED) is 0.836. The Morgan fingerprint density at radius 2 is 1.80 bits per heavy atom. The molecule has 0 radical (unpaired) electrons. The normalized spacial score (nSPS) is 19.5. The summed E-state index contributed by atoms with van der Waals surface area (Å²) in [5.74, 6) is 0.592. The Bertz CT molecular complexity index is 560. The van der Waals surface area contributed by atoms with Gasteiger partial charge in [0.05, 0.1) is 4.90 Å². The molecule has 4 nitrogen and oxygen atoms in total. The lowest BCUT2D eigenvalue weighted by Gasteiger charge is -2.22. The maximum Gasteiger partial charge on any atom is 0.243 e. The van der Waals surface area contributed by atoms with Gasteiger partial charge in [0, 0.05) is 19.1 Å². The summed E-state index contributed by atoms with van der Waals surface area (Å²) in [7, 11) is -1.43. The van der Waals surface area contributed by atoms with Crippen LogP contribution in [0, 0.1) is 5.92 Å². The first-order chi connectivity index (χ1) is 9.61. The summed E-state index contributed by atoms with van der Waals surface area (Å²) in [6.07, 6.45) is 4.40. The maximum atomic E-state index is 12.8. The molecule has 2 aliphatic rings. The second-order valence-electron chi connectivity index (χ2n) is 5.92. The third-order valence-electron chi connectivity index (χ3n) is 4.00. The van der Waals surface area contributed by atoms with Gasteiger partial charge in [0.1, 0.15) is 0 Å². The lowest BCUT2D eigenvalue weighted by molar-refractivity contribution is 0.389. The van der Waals surface area contributed by atoms with E-state index < -0.39 is 10.0 Å². The second-order valence-corrected chi connectivity index (χ2v) is 7.81. The van der Waals surface area contributed by atoms with Crippen molar-refractivity contribution in [1.29, 1.82) is 0 Å². The van der Waals surface area contributed by atoms with E-state index in [1.54, 1.807) is 16.4 Å². The lowest BCUT2D eigenvalue weighted by atomic mass is 10.2. The Labute approximate surface area is 121 Å². The Kier molecular flexibility index (Phi) is 3.84. The van der Waals surface area contributed by atoms with E-state index in [4.69, 9.17) is 0 Å². The van der Waals surface area contributed by atoms with Gasteiger partial charge < -0.3 is 5.32 Å². The van der Waals surface area contributed by atoms with Gasteiger partial charge in [-0.2, -0.15) is 4.31 Å². The summed E-state index contributed by atoms with van der Waals surface area (Å²) in [5.41, 5.74) is 1.10. The van der Waals surface area contributed by atoms with Crippen molar-refractivity contribution in [2.45, 2.75) is 43.2 Å². The van der Waals surface area contributed by atoms with Crippen LogP contribution < -0.4 is 5.32 Å². The molecule has 110 valence electrons. The van der Waals surface area contributed by atoms with E-state index in [-0.39, 0.29) is 6.04 Å². The van der Waals surface area contributed by atoms with Crippen LogP contribution in [0.4, 0.5) is 0 Å². The molecule has 0 atom stereocenters. The summed E-state index contributed by atoms with van der Waals surface area (Å²) < 4.78 is 27.3. The molecule has 5 heteroatoms. The van der Waals surface area contributed by atoms with Crippen LogP contribution in [0.25, 0.3) is 0 Å². The van der Waals surface area contributed by atoms with Gasteiger partial charge in [-0.25, -0.2) is 8.42 Å². The molecule has 0 aromatic heterocycles. The van der Waals surface area contributed by atoms with Crippen molar-refractivity contribution in [2.75, 3.05) is 13.6 Å². The SMILES string of the molecule is CNCc1ccc(S(=O)(=O)N(CC2CC2)C2CC2)cc1. The third kappa shape index (κ3) is 3.05. The molecule has 0 spiro atoms. The molecular formula is C15H22N2O2S. The fourth-order valence-electron chi connectivity index (χ4n) is 2.48. The number of nitrogens with one attached hydrogen (secondary N) is 1. The predicted molar refractivity (Wildman–Crippen MR) is 78.8 cm³/mol. The number of hydrogen-bond donors (Lipinski definition) is 1. The predicted octanol–water partition coefficient (Wildman–Crippen LogP) is 1.97. The minimum atomic E-state index is -3.31. The molecule has 0 unspecified atom stereocenters. The standard InChI is InChI=1S/C15H22N2O2S/c1-16-10-12-4-8-15(9-5-12)20(18,19)17(14-6-7-14)11-13-2-3-13/h4-5,8-9,13-14,16H,2-3,6-7,10-11H2,1H3. The van der Waals surface area contributed by atoms with Crippen molar-refractivity contribution in [1.82, 2.24) is 9.62 Å². The van der Waals surface area contributed by atoms with Crippen molar-refractivity contribution in [3.63, 3.8) is 0 Å². The Hall–Kier alpha value is -0.910. The smallest absolute Gasteiger partial charge is 0.243 e.